The minimum absolute atomic E-state index is 0.659. The summed E-state index contributed by atoms with van der Waals surface area (Å²) in [5.41, 5.74) is 8.85. The molecule has 0 N–H and O–H groups in total. The zero-order valence-corrected chi connectivity index (χ0v) is 22.4. The Balaban J connectivity index is 1.33. The average Bonchev–Trinajstić information content (AvgIpc) is 3.62. The third-order valence-corrected chi connectivity index (χ3v) is 8.08. The quantitative estimate of drug-likeness (QED) is 0.224. The highest BCUT2D eigenvalue weighted by Gasteiger charge is 2.21. The van der Waals surface area contributed by atoms with E-state index in [0.29, 0.717) is 11.4 Å². The molecule has 4 heteroatoms. The van der Waals surface area contributed by atoms with E-state index in [0.717, 1.165) is 66.4 Å². The molecule has 4 nitrogen and oxygen atoms in total. The molecule has 0 amide bonds. The van der Waals surface area contributed by atoms with Crippen LogP contribution in [0, 0.1) is 0 Å². The molecule has 9 aromatic rings. The number of para-hydroxylation sites is 1. The number of hydrogen-bond acceptors (Lipinski definition) is 4. The van der Waals surface area contributed by atoms with Crippen LogP contribution < -0.4 is 0 Å². The van der Waals surface area contributed by atoms with E-state index in [1.807, 2.05) is 60.7 Å². The molecule has 6 aromatic carbocycles. The van der Waals surface area contributed by atoms with Crippen molar-refractivity contribution in [3.8, 4) is 33.8 Å². The first-order chi connectivity index (χ1) is 20.8. The fourth-order valence-corrected chi connectivity index (χ4v) is 6.06. The Morgan fingerprint density at radius 3 is 2.12 bits per heavy atom. The standard InChI is InChI=1S/C38H22N2O2/c1-2-10-24(11-3-1)38-39-35-28-13-6-7-15-31(28)42-37(35)36(40-38)29-14-8-16-33-34(29)30-22-27(19-20-32(30)41-33)26-18-17-23-9-4-5-12-25(23)21-26/h1-22H. The number of fused-ring (bicyclic) bond motifs is 7. The molecule has 0 atom stereocenters. The molecule has 0 radical (unpaired) electrons. The van der Waals surface area contributed by atoms with E-state index < -0.39 is 0 Å². The second-order valence-corrected chi connectivity index (χ2v) is 10.6. The minimum Gasteiger partial charge on any atom is -0.456 e. The minimum atomic E-state index is 0.659. The Morgan fingerprint density at radius 2 is 1.19 bits per heavy atom. The zero-order chi connectivity index (χ0) is 27.6. The van der Waals surface area contributed by atoms with Gasteiger partial charge in [0.15, 0.2) is 11.4 Å². The van der Waals surface area contributed by atoms with Crippen LogP contribution in [0.3, 0.4) is 0 Å². The fraction of sp³-hybridized carbons (Fsp3) is 0. The van der Waals surface area contributed by atoms with Crippen molar-refractivity contribution in [2.75, 3.05) is 0 Å². The topological polar surface area (TPSA) is 52.1 Å². The van der Waals surface area contributed by atoms with Crippen LogP contribution in [0.4, 0.5) is 0 Å². The normalized spacial score (nSPS) is 11.8. The Bertz CT molecular complexity index is 2470. The number of rotatable bonds is 3. The average molecular weight is 539 g/mol. The third kappa shape index (κ3) is 3.49. The molecule has 0 fully saturated rings. The van der Waals surface area contributed by atoms with Gasteiger partial charge in [-0.2, -0.15) is 0 Å². The van der Waals surface area contributed by atoms with Crippen molar-refractivity contribution in [1.29, 1.82) is 0 Å². The van der Waals surface area contributed by atoms with Crippen LogP contribution in [0.15, 0.2) is 142 Å². The molecule has 9 rings (SSSR count). The van der Waals surface area contributed by atoms with Crippen LogP contribution in [0.1, 0.15) is 0 Å². The Kier molecular flexibility index (Phi) is 4.87. The summed E-state index contributed by atoms with van der Waals surface area (Å²) in [5.74, 6) is 0.659. The van der Waals surface area contributed by atoms with Gasteiger partial charge in [0, 0.05) is 27.3 Å². The van der Waals surface area contributed by atoms with Crippen LogP contribution in [-0.2, 0) is 0 Å². The first-order valence-electron chi connectivity index (χ1n) is 14.0. The van der Waals surface area contributed by atoms with Gasteiger partial charge in [-0.15, -0.1) is 0 Å². The van der Waals surface area contributed by atoms with Crippen molar-refractivity contribution in [3.05, 3.63) is 133 Å². The second kappa shape index (κ2) is 8.88. The highest BCUT2D eigenvalue weighted by Crippen LogP contribution is 2.42. The summed E-state index contributed by atoms with van der Waals surface area (Å²) in [6, 6.07) is 45.7. The second-order valence-electron chi connectivity index (χ2n) is 10.6. The van der Waals surface area contributed by atoms with E-state index >= 15 is 0 Å². The van der Waals surface area contributed by atoms with Crippen molar-refractivity contribution in [2.45, 2.75) is 0 Å². The van der Waals surface area contributed by atoms with Crippen LogP contribution >= 0.6 is 0 Å². The predicted molar refractivity (Wildman–Crippen MR) is 170 cm³/mol. The molecular formula is C38H22N2O2. The van der Waals surface area contributed by atoms with Gasteiger partial charge in [0.05, 0.1) is 0 Å². The summed E-state index contributed by atoms with van der Waals surface area (Å²) in [6.45, 7) is 0. The summed E-state index contributed by atoms with van der Waals surface area (Å²) in [6.07, 6.45) is 0. The van der Waals surface area contributed by atoms with Crippen LogP contribution in [0.25, 0.3) is 88.6 Å². The van der Waals surface area contributed by atoms with E-state index in [9.17, 15) is 0 Å². The zero-order valence-electron chi connectivity index (χ0n) is 22.4. The van der Waals surface area contributed by atoms with Crippen molar-refractivity contribution in [1.82, 2.24) is 9.97 Å². The third-order valence-electron chi connectivity index (χ3n) is 8.08. The number of aromatic nitrogens is 2. The van der Waals surface area contributed by atoms with Gasteiger partial charge in [0.25, 0.3) is 0 Å². The van der Waals surface area contributed by atoms with Crippen molar-refractivity contribution in [3.63, 3.8) is 0 Å². The maximum absolute atomic E-state index is 6.44. The van der Waals surface area contributed by atoms with E-state index in [1.165, 1.54) is 10.8 Å². The van der Waals surface area contributed by atoms with Gasteiger partial charge in [0.1, 0.15) is 28.0 Å². The number of nitrogens with zero attached hydrogens (tertiary/aromatic N) is 2. The Morgan fingerprint density at radius 1 is 0.452 bits per heavy atom. The molecule has 0 saturated heterocycles. The van der Waals surface area contributed by atoms with Gasteiger partial charge in [0.2, 0.25) is 0 Å². The first-order valence-corrected chi connectivity index (χ1v) is 14.0. The summed E-state index contributed by atoms with van der Waals surface area (Å²) < 4.78 is 12.8. The number of benzene rings is 6. The summed E-state index contributed by atoms with van der Waals surface area (Å²) >= 11 is 0. The molecule has 0 spiro atoms. The largest absolute Gasteiger partial charge is 0.456 e. The summed E-state index contributed by atoms with van der Waals surface area (Å²) in [7, 11) is 0. The highest BCUT2D eigenvalue weighted by molar-refractivity contribution is 6.16. The van der Waals surface area contributed by atoms with Crippen LogP contribution in [0.5, 0.6) is 0 Å². The number of hydrogen-bond donors (Lipinski definition) is 0. The first kappa shape index (κ1) is 23.0. The van der Waals surface area contributed by atoms with Crippen LogP contribution in [-0.4, -0.2) is 9.97 Å². The lowest BCUT2D eigenvalue weighted by Crippen LogP contribution is -1.94. The van der Waals surface area contributed by atoms with Crippen molar-refractivity contribution < 1.29 is 8.83 Å². The molecule has 0 bridgehead atoms. The monoisotopic (exact) mass is 538 g/mol. The molecule has 0 aliphatic rings. The Labute approximate surface area is 240 Å². The molecule has 0 aliphatic heterocycles. The maximum Gasteiger partial charge on any atom is 0.180 e. The van der Waals surface area contributed by atoms with E-state index in [4.69, 9.17) is 18.8 Å². The van der Waals surface area contributed by atoms with Gasteiger partial charge < -0.3 is 8.83 Å². The molecule has 42 heavy (non-hydrogen) atoms. The smallest absolute Gasteiger partial charge is 0.180 e. The summed E-state index contributed by atoms with van der Waals surface area (Å²) in [4.78, 5) is 10.1. The van der Waals surface area contributed by atoms with E-state index in [1.54, 1.807) is 0 Å². The van der Waals surface area contributed by atoms with E-state index in [-0.39, 0.29) is 0 Å². The lowest BCUT2D eigenvalue weighted by atomic mass is 9.97. The lowest BCUT2D eigenvalue weighted by molar-refractivity contribution is 0.667. The molecule has 0 unspecified atom stereocenters. The molecular weight excluding hydrogens is 516 g/mol. The summed E-state index contributed by atoms with van der Waals surface area (Å²) in [5, 5.41) is 5.46. The fourth-order valence-electron chi connectivity index (χ4n) is 6.06. The molecule has 196 valence electrons. The van der Waals surface area contributed by atoms with Gasteiger partial charge >= 0.3 is 0 Å². The Hall–Kier alpha value is -5.74. The van der Waals surface area contributed by atoms with Gasteiger partial charge in [-0.25, -0.2) is 9.97 Å². The highest BCUT2D eigenvalue weighted by atomic mass is 16.3. The molecule has 0 saturated carbocycles. The molecule has 3 aromatic heterocycles. The SMILES string of the molecule is c1ccc(-c2nc(-c3cccc4oc5ccc(-c6ccc7ccccc7c6)cc5c34)c3oc4ccccc4c3n2)cc1. The van der Waals surface area contributed by atoms with Gasteiger partial charge in [-0.3, -0.25) is 0 Å². The van der Waals surface area contributed by atoms with Crippen molar-refractivity contribution >= 4 is 54.8 Å². The predicted octanol–water partition coefficient (Wildman–Crippen LogP) is 10.4. The number of furan rings is 2. The molecule has 0 aliphatic carbocycles. The van der Waals surface area contributed by atoms with Gasteiger partial charge in [-0.1, -0.05) is 97.1 Å². The van der Waals surface area contributed by atoms with Gasteiger partial charge in [-0.05, 0) is 58.3 Å². The van der Waals surface area contributed by atoms with E-state index in [2.05, 4.69) is 72.8 Å². The lowest BCUT2D eigenvalue weighted by Gasteiger charge is -2.08. The van der Waals surface area contributed by atoms with Crippen LogP contribution in [0.2, 0.25) is 0 Å². The molecule has 3 heterocycles. The maximum atomic E-state index is 6.44. The van der Waals surface area contributed by atoms with Crippen molar-refractivity contribution in [2.24, 2.45) is 0 Å².